The van der Waals surface area contributed by atoms with Gasteiger partial charge in [-0.2, -0.15) is 0 Å². The molecule has 0 spiro atoms. The van der Waals surface area contributed by atoms with Crippen LogP contribution in [0.4, 0.5) is 5.69 Å². The van der Waals surface area contributed by atoms with E-state index in [4.69, 9.17) is 0 Å². The number of nitrogens with one attached hydrogen (secondary N) is 1. The van der Waals surface area contributed by atoms with Crippen LogP contribution in [0.15, 0.2) is 78.9 Å². The van der Waals surface area contributed by atoms with Gasteiger partial charge in [0.2, 0.25) is 21.8 Å². The highest BCUT2D eigenvalue weighted by Gasteiger charge is 2.30. The van der Waals surface area contributed by atoms with Gasteiger partial charge in [-0.05, 0) is 49.9 Å². The fraction of sp³-hybridized carbons (Fsp3) is 0.375. The lowest BCUT2D eigenvalue weighted by Gasteiger charge is -2.32. The van der Waals surface area contributed by atoms with Crippen molar-refractivity contribution in [2.75, 3.05) is 23.7 Å². The molecule has 3 rings (SSSR count). The molecule has 40 heavy (non-hydrogen) atoms. The lowest BCUT2D eigenvalue weighted by molar-refractivity contribution is -0.141. The van der Waals surface area contributed by atoms with Gasteiger partial charge < -0.3 is 10.2 Å². The van der Waals surface area contributed by atoms with Crippen LogP contribution < -0.4 is 9.62 Å². The molecule has 3 aromatic carbocycles. The quantitative estimate of drug-likeness (QED) is 0.299. The minimum atomic E-state index is -3.54. The fourth-order valence-corrected chi connectivity index (χ4v) is 5.49. The number of amides is 2. The van der Waals surface area contributed by atoms with Crippen molar-refractivity contribution >= 4 is 27.5 Å². The summed E-state index contributed by atoms with van der Waals surface area (Å²) >= 11 is 0. The maximum absolute atomic E-state index is 13.8. The second-order valence-electron chi connectivity index (χ2n) is 10.3. The highest BCUT2D eigenvalue weighted by molar-refractivity contribution is 7.92. The van der Waals surface area contributed by atoms with E-state index in [1.54, 1.807) is 17.0 Å². The molecule has 3 aromatic rings. The first-order chi connectivity index (χ1) is 19.1. The van der Waals surface area contributed by atoms with Gasteiger partial charge in [-0.1, -0.05) is 84.8 Å². The smallest absolute Gasteiger partial charge is 0.243 e. The molecule has 0 aromatic heterocycles. The molecule has 7 nitrogen and oxygen atoms in total. The topological polar surface area (TPSA) is 86.8 Å². The van der Waals surface area contributed by atoms with Crippen LogP contribution in [0.5, 0.6) is 0 Å². The van der Waals surface area contributed by atoms with E-state index in [9.17, 15) is 18.0 Å². The zero-order chi connectivity index (χ0) is 29.1. The third-order valence-electron chi connectivity index (χ3n) is 6.77. The van der Waals surface area contributed by atoms with Crippen LogP contribution in [0, 0.1) is 13.8 Å². The number of carbonyl (C=O) groups is 2. The molecule has 0 aliphatic carbocycles. The van der Waals surface area contributed by atoms with Crippen molar-refractivity contribution < 1.29 is 18.0 Å². The number of nitrogens with zero attached hydrogens (tertiary/aromatic N) is 2. The molecule has 0 saturated heterocycles. The van der Waals surface area contributed by atoms with E-state index in [0.717, 1.165) is 28.7 Å². The molecule has 0 heterocycles. The summed E-state index contributed by atoms with van der Waals surface area (Å²) in [7, 11) is -3.54. The molecule has 0 aliphatic rings. The Bertz CT molecular complexity index is 1340. The largest absolute Gasteiger partial charge is 0.354 e. The second-order valence-corrected chi connectivity index (χ2v) is 12.2. The van der Waals surface area contributed by atoms with Crippen LogP contribution in [0.25, 0.3) is 0 Å². The first-order valence-electron chi connectivity index (χ1n) is 13.8. The molecule has 0 radical (unpaired) electrons. The van der Waals surface area contributed by atoms with Crippen molar-refractivity contribution in [3.63, 3.8) is 0 Å². The summed E-state index contributed by atoms with van der Waals surface area (Å²) in [5.74, 6) is -0.380. The molecule has 214 valence electrons. The molecule has 0 saturated carbocycles. The third kappa shape index (κ3) is 9.23. The lowest BCUT2D eigenvalue weighted by Crippen LogP contribution is -2.50. The van der Waals surface area contributed by atoms with Crippen molar-refractivity contribution in [2.45, 2.75) is 59.0 Å². The van der Waals surface area contributed by atoms with Gasteiger partial charge in [-0.15, -0.1) is 0 Å². The van der Waals surface area contributed by atoms with Crippen LogP contribution in [0.3, 0.4) is 0 Å². The van der Waals surface area contributed by atoms with Crippen LogP contribution in [-0.4, -0.2) is 50.5 Å². The molecular formula is C32H41N3O4S. The minimum absolute atomic E-state index is 0.107. The van der Waals surface area contributed by atoms with Crippen LogP contribution in [0.1, 0.15) is 48.4 Å². The SMILES string of the molecule is CCCNC(=O)C(Cc1ccccc1)N(Cc1ccc(C)cc1)C(=O)CCCN(c1ccc(C)cc1)S(C)(=O)=O. The Balaban J connectivity index is 1.85. The average molecular weight is 564 g/mol. The monoisotopic (exact) mass is 563 g/mol. The van der Waals surface area contributed by atoms with E-state index in [0.29, 0.717) is 25.1 Å². The number of anilines is 1. The molecule has 8 heteroatoms. The maximum atomic E-state index is 13.8. The van der Waals surface area contributed by atoms with E-state index in [-0.39, 0.29) is 31.3 Å². The number of benzene rings is 3. The Morgan fingerprint density at radius 1 is 0.850 bits per heavy atom. The number of hydrogen-bond donors (Lipinski definition) is 1. The highest BCUT2D eigenvalue weighted by Crippen LogP contribution is 2.21. The third-order valence-corrected chi connectivity index (χ3v) is 7.96. The molecule has 0 aliphatic heterocycles. The minimum Gasteiger partial charge on any atom is -0.354 e. The van der Waals surface area contributed by atoms with Crippen molar-refractivity contribution in [3.05, 3.63) is 101 Å². The predicted molar refractivity (Wildman–Crippen MR) is 162 cm³/mol. The number of aryl methyl sites for hydroxylation is 2. The summed E-state index contributed by atoms with van der Waals surface area (Å²) in [6.07, 6.45) is 2.77. The van der Waals surface area contributed by atoms with Gasteiger partial charge in [-0.25, -0.2) is 8.42 Å². The van der Waals surface area contributed by atoms with Gasteiger partial charge in [0.15, 0.2) is 0 Å². The van der Waals surface area contributed by atoms with Gasteiger partial charge in [0, 0.05) is 32.5 Å². The summed E-state index contributed by atoms with van der Waals surface area (Å²) in [5.41, 5.74) is 4.60. The van der Waals surface area contributed by atoms with E-state index in [2.05, 4.69) is 5.32 Å². The molecule has 1 atom stereocenters. The summed E-state index contributed by atoms with van der Waals surface area (Å²) in [6.45, 7) is 6.91. The van der Waals surface area contributed by atoms with Gasteiger partial charge >= 0.3 is 0 Å². The Morgan fingerprint density at radius 2 is 1.45 bits per heavy atom. The fourth-order valence-electron chi connectivity index (χ4n) is 4.53. The maximum Gasteiger partial charge on any atom is 0.243 e. The number of carbonyl (C=O) groups excluding carboxylic acids is 2. The van der Waals surface area contributed by atoms with Crippen molar-refractivity contribution in [2.24, 2.45) is 0 Å². The van der Waals surface area contributed by atoms with Gasteiger partial charge in [0.1, 0.15) is 6.04 Å². The van der Waals surface area contributed by atoms with Crippen molar-refractivity contribution in [1.82, 2.24) is 10.2 Å². The van der Waals surface area contributed by atoms with Crippen LogP contribution in [0.2, 0.25) is 0 Å². The molecule has 1 unspecified atom stereocenters. The summed E-state index contributed by atoms with van der Waals surface area (Å²) in [6, 6.07) is 24.2. The number of hydrogen-bond acceptors (Lipinski definition) is 4. The summed E-state index contributed by atoms with van der Waals surface area (Å²) in [4.78, 5) is 28.9. The zero-order valence-electron chi connectivity index (χ0n) is 24.0. The normalized spacial score (nSPS) is 12.0. The van der Waals surface area contributed by atoms with Crippen LogP contribution >= 0.6 is 0 Å². The van der Waals surface area contributed by atoms with Crippen LogP contribution in [-0.2, 0) is 32.6 Å². The molecular weight excluding hydrogens is 522 g/mol. The van der Waals surface area contributed by atoms with Gasteiger partial charge in [-0.3, -0.25) is 13.9 Å². The molecule has 0 bridgehead atoms. The van der Waals surface area contributed by atoms with E-state index in [1.807, 2.05) is 87.5 Å². The van der Waals surface area contributed by atoms with E-state index < -0.39 is 16.1 Å². The average Bonchev–Trinajstić information content (AvgIpc) is 2.93. The zero-order valence-corrected chi connectivity index (χ0v) is 24.8. The molecule has 2 amide bonds. The number of sulfonamides is 1. The first kappa shape index (κ1) is 30.9. The van der Waals surface area contributed by atoms with E-state index in [1.165, 1.54) is 10.6 Å². The molecule has 0 fully saturated rings. The summed E-state index contributed by atoms with van der Waals surface area (Å²) < 4.78 is 26.5. The Kier molecular flexibility index (Phi) is 11.3. The first-order valence-corrected chi connectivity index (χ1v) is 15.6. The Labute approximate surface area is 239 Å². The second kappa shape index (κ2) is 14.7. The molecule has 1 N–H and O–H groups in total. The number of rotatable bonds is 14. The van der Waals surface area contributed by atoms with Gasteiger partial charge in [0.05, 0.1) is 11.9 Å². The Morgan fingerprint density at radius 3 is 2.02 bits per heavy atom. The summed E-state index contributed by atoms with van der Waals surface area (Å²) in [5, 5.41) is 2.98. The van der Waals surface area contributed by atoms with Gasteiger partial charge in [0.25, 0.3) is 0 Å². The predicted octanol–water partition coefficient (Wildman–Crippen LogP) is 5.02. The van der Waals surface area contributed by atoms with Crippen molar-refractivity contribution in [1.29, 1.82) is 0 Å². The lowest BCUT2D eigenvalue weighted by atomic mass is 10.0. The Hall–Kier alpha value is -3.65. The van der Waals surface area contributed by atoms with E-state index >= 15 is 0 Å². The standard InChI is InChI=1S/C32H41N3O4S/c1-5-21-33-32(37)30(23-27-10-7-6-8-11-27)34(24-28-17-13-25(2)14-18-28)31(36)12-9-22-35(40(4,38)39)29-19-15-26(3)16-20-29/h6-8,10-11,13-20,30H,5,9,12,21-24H2,1-4H3,(H,33,37). The highest BCUT2D eigenvalue weighted by atomic mass is 32.2. The van der Waals surface area contributed by atoms with Crippen molar-refractivity contribution in [3.8, 4) is 0 Å².